The molecule has 3 aromatic rings. The molecule has 0 fully saturated rings. The van der Waals surface area contributed by atoms with Gasteiger partial charge in [0.05, 0.1) is 17.4 Å². The smallest absolute Gasteiger partial charge is 0.344 e. The first-order chi connectivity index (χ1) is 11.8. The average molecular weight is 357 g/mol. The SMILES string of the molecule is COC(=O)c1c(N)oc2c(C)c(C)c(O)c(Sc3cccc(C)c3)c12. The summed E-state index contributed by atoms with van der Waals surface area (Å²) in [6.07, 6.45) is 0. The number of aryl methyl sites for hydroxylation is 2. The molecular formula is C19H19NO4S. The van der Waals surface area contributed by atoms with Crippen molar-refractivity contribution in [2.24, 2.45) is 0 Å². The summed E-state index contributed by atoms with van der Waals surface area (Å²) in [6.45, 7) is 5.62. The van der Waals surface area contributed by atoms with Crippen LogP contribution in [0.15, 0.2) is 38.5 Å². The van der Waals surface area contributed by atoms with Gasteiger partial charge in [-0.1, -0.05) is 29.5 Å². The molecule has 0 saturated carbocycles. The van der Waals surface area contributed by atoms with Crippen molar-refractivity contribution in [3.05, 3.63) is 46.5 Å². The zero-order chi connectivity index (χ0) is 18.3. The second kappa shape index (κ2) is 6.37. The predicted octanol–water partition coefficient (Wildman–Crippen LogP) is 4.58. The topological polar surface area (TPSA) is 85.7 Å². The highest BCUT2D eigenvalue weighted by atomic mass is 32.2. The average Bonchev–Trinajstić information content (AvgIpc) is 2.93. The highest BCUT2D eigenvalue weighted by Gasteiger charge is 2.27. The van der Waals surface area contributed by atoms with Gasteiger partial charge in [0.25, 0.3) is 0 Å². The van der Waals surface area contributed by atoms with E-state index >= 15 is 0 Å². The second-order valence-electron chi connectivity index (χ2n) is 5.88. The van der Waals surface area contributed by atoms with Crippen molar-refractivity contribution in [3.63, 3.8) is 0 Å². The van der Waals surface area contributed by atoms with Gasteiger partial charge in [0.1, 0.15) is 16.9 Å². The monoisotopic (exact) mass is 357 g/mol. The number of furan rings is 1. The van der Waals surface area contributed by atoms with Gasteiger partial charge in [0.2, 0.25) is 5.88 Å². The van der Waals surface area contributed by atoms with Crippen LogP contribution in [0.5, 0.6) is 5.75 Å². The maximum atomic E-state index is 12.2. The molecule has 0 aliphatic carbocycles. The Kier molecular flexibility index (Phi) is 4.39. The van der Waals surface area contributed by atoms with Crippen LogP contribution in [0.3, 0.4) is 0 Å². The van der Waals surface area contributed by atoms with E-state index in [0.717, 1.165) is 16.0 Å². The Morgan fingerprint density at radius 1 is 1.24 bits per heavy atom. The lowest BCUT2D eigenvalue weighted by Gasteiger charge is -2.12. The predicted molar refractivity (Wildman–Crippen MR) is 98.4 cm³/mol. The quantitative estimate of drug-likeness (QED) is 0.667. The van der Waals surface area contributed by atoms with Crippen LogP contribution >= 0.6 is 11.8 Å². The van der Waals surface area contributed by atoms with Gasteiger partial charge in [-0.25, -0.2) is 4.79 Å². The maximum absolute atomic E-state index is 12.2. The summed E-state index contributed by atoms with van der Waals surface area (Å²) in [4.78, 5) is 13.7. The normalized spacial score (nSPS) is 11.0. The van der Waals surface area contributed by atoms with Gasteiger partial charge in [-0.3, -0.25) is 0 Å². The van der Waals surface area contributed by atoms with Crippen molar-refractivity contribution < 1.29 is 19.1 Å². The van der Waals surface area contributed by atoms with E-state index in [-0.39, 0.29) is 17.2 Å². The summed E-state index contributed by atoms with van der Waals surface area (Å²) in [5, 5.41) is 11.2. The van der Waals surface area contributed by atoms with E-state index < -0.39 is 5.97 Å². The lowest BCUT2D eigenvalue weighted by atomic mass is 10.0. The number of fused-ring (bicyclic) bond motifs is 1. The number of ether oxygens (including phenoxy) is 1. The Bertz CT molecular complexity index is 991. The number of carbonyl (C=O) groups excluding carboxylic acids is 1. The Hall–Kier alpha value is -2.60. The maximum Gasteiger partial charge on any atom is 0.344 e. The highest BCUT2D eigenvalue weighted by molar-refractivity contribution is 7.99. The van der Waals surface area contributed by atoms with Crippen LogP contribution in [-0.4, -0.2) is 18.2 Å². The van der Waals surface area contributed by atoms with Crippen molar-refractivity contribution in [1.29, 1.82) is 0 Å². The van der Waals surface area contributed by atoms with E-state index in [1.807, 2.05) is 38.1 Å². The molecule has 3 rings (SSSR count). The lowest BCUT2D eigenvalue weighted by Crippen LogP contribution is -2.04. The number of nitrogen functional groups attached to an aromatic ring is 1. The second-order valence-corrected chi connectivity index (χ2v) is 6.97. The van der Waals surface area contributed by atoms with Gasteiger partial charge in [0, 0.05) is 4.90 Å². The minimum absolute atomic E-state index is 0.0129. The molecule has 2 aromatic carbocycles. The number of rotatable bonds is 3. The molecule has 6 heteroatoms. The van der Waals surface area contributed by atoms with E-state index in [1.165, 1.54) is 18.9 Å². The van der Waals surface area contributed by atoms with Crippen molar-refractivity contribution in [2.75, 3.05) is 12.8 Å². The highest BCUT2D eigenvalue weighted by Crippen LogP contribution is 2.47. The molecule has 0 radical (unpaired) electrons. The van der Waals surface area contributed by atoms with Crippen molar-refractivity contribution in [2.45, 2.75) is 30.6 Å². The number of nitrogens with two attached hydrogens (primary N) is 1. The summed E-state index contributed by atoms with van der Waals surface area (Å²) >= 11 is 1.36. The summed E-state index contributed by atoms with van der Waals surface area (Å²) in [5.74, 6) is -0.492. The third kappa shape index (κ3) is 2.82. The fourth-order valence-electron chi connectivity index (χ4n) is 2.77. The molecule has 130 valence electrons. The molecule has 0 spiro atoms. The first-order valence-corrected chi connectivity index (χ1v) is 8.53. The van der Waals surface area contributed by atoms with Crippen LogP contribution in [0.2, 0.25) is 0 Å². The van der Waals surface area contributed by atoms with Gasteiger partial charge in [-0.15, -0.1) is 0 Å². The first-order valence-electron chi connectivity index (χ1n) is 7.72. The molecule has 0 bridgehead atoms. The van der Waals surface area contributed by atoms with E-state index in [4.69, 9.17) is 14.9 Å². The zero-order valence-electron chi connectivity index (χ0n) is 14.5. The number of carbonyl (C=O) groups is 1. The van der Waals surface area contributed by atoms with Crippen LogP contribution in [0.4, 0.5) is 5.88 Å². The molecule has 5 nitrogen and oxygen atoms in total. The molecule has 3 N–H and O–H groups in total. The number of methoxy groups -OCH3 is 1. The number of hydrogen-bond donors (Lipinski definition) is 2. The fraction of sp³-hybridized carbons (Fsp3) is 0.211. The molecule has 0 saturated heterocycles. The molecule has 0 atom stereocenters. The Morgan fingerprint density at radius 3 is 2.60 bits per heavy atom. The molecule has 0 aliphatic heterocycles. The number of hydrogen-bond acceptors (Lipinski definition) is 6. The Balaban J connectivity index is 2.34. The van der Waals surface area contributed by atoms with E-state index in [9.17, 15) is 9.90 Å². The van der Waals surface area contributed by atoms with Gasteiger partial charge in [-0.2, -0.15) is 0 Å². The van der Waals surface area contributed by atoms with Crippen LogP contribution in [0.25, 0.3) is 11.0 Å². The number of esters is 1. The number of anilines is 1. The van der Waals surface area contributed by atoms with Crippen molar-refractivity contribution in [1.82, 2.24) is 0 Å². The standard InChI is InChI=1S/C19H19NO4S/c1-9-6-5-7-12(8-9)25-17-13-14(19(22)23-4)18(20)24-16(13)11(3)10(2)15(17)21/h5-8,21H,20H2,1-4H3. The number of phenols is 1. The number of benzene rings is 2. The molecule has 0 amide bonds. The summed E-state index contributed by atoms with van der Waals surface area (Å²) in [7, 11) is 1.29. The molecular weight excluding hydrogens is 338 g/mol. The molecule has 1 aromatic heterocycles. The van der Waals surface area contributed by atoms with Crippen molar-refractivity contribution in [3.8, 4) is 5.75 Å². The van der Waals surface area contributed by atoms with Crippen LogP contribution < -0.4 is 5.73 Å². The van der Waals surface area contributed by atoms with Crippen LogP contribution in [-0.2, 0) is 4.74 Å². The minimum Gasteiger partial charge on any atom is -0.506 e. The fourth-order valence-corrected chi connectivity index (χ4v) is 3.94. The lowest BCUT2D eigenvalue weighted by molar-refractivity contribution is 0.0603. The summed E-state index contributed by atoms with van der Waals surface area (Å²) in [5.41, 5.74) is 9.09. The molecule has 1 heterocycles. The van der Waals surface area contributed by atoms with E-state index in [2.05, 4.69) is 0 Å². The minimum atomic E-state index is -0.593. The van der Waals surface area contributed by atoms with Gasteiger partial charge < -0.3 is 20.0 Å². The van der Waals surface area contributed by atoms with Gasteiger partial charge >= 0.3 is 5.97 Å². The number of phenolic OH excluding ortho intramolecular Hbond substituents is 1. The molecule has 0 unspecified atom stereocenters. The summed E-state index contributed by atoms with van der Waals surface area (Å²) < 4.78 is 10.5. The molecule has 0 aliphatic rings. The van der Waals surface area contributed by atoms with Gasteiger partial charge in [0.15, 0.2) is 0 Å². The van der Waals surface area contributed by atoms with Crippen molar-refractivity contribution >= 4 is 34.6 Å². The third-order valence-electron chi connectivity index (χ3n) is 4.23. The molecule has 25 heavy (non-hydrogen) atoms. The van der Waals surface area contributed by atoms with Crippen LogP contribution in [0, 0.1) is 20.8 Å². The largest absolute Gasteiger partial charge is 0.506 e. The van der Waals surface area contributed by atoms with Crippen LogP contribution in [0.1, 0.15) is 27.0 Å². The van der Waals surface area contributed by atoms with E-state index in [1.54, 1.807) is 6.92 Å². The zero-order valence-corrected chi connectivity index (χ0v) is 15.3. The Morgan fingerprint density at radius 2 is 1.96 bits per heavy atom. The number of aromatic hydroxyl groups is 1. The first kappa shape index (κ1) is 17.2. The van der Waals surface area contributed by atoms with E-state index in [0.29, 0.717) is 21.4 Å². The Labute approximate surface area is 149 Å². The van der Waals surface area contributed by atoms with Gasteiger partial charge in [-0.05, 0) is 44.0 Å². The third-order valence-corrected chi connectivity index (χ3v) is 5.33. The summed E-state index contributed by atoms with van der Waals surface area (Å²) in [6, 6.07) is 7.89.